The fraction of sp³-hybridized carbons (Fsp3) is 0.900. The molecule has 8 heteroatoms. The Hall–Kier alpha value is -0.890. The van der Waals surface area contributed by atoms with Crippen molar-refractivity contribution in [1.82, 2.24) is 5.32 Å². The van der Waals surface area contributed by atoms with Gasteiger partial charge in [-0.3, -0.25) is 0 Å². The number of hydrogen-bond acceptors (Lipinski definition) is 5. The molecule has 2 atom stereocenters. The highest BCUT2D eigenvalue weighted by molar-refractivity contribution is 7.86. The number of ether oxygens (including phenoxy) is 2. The molecule has 0 aromatic rings. The fourth-order valence-corrected chi connectivity index (χ4v) is 2.48. The Morgan fingerprint density at radius 2 is 2.06 bits per heavy atom. The van der Waals surface area contributed by atoms with Gasteiger partial charge < -0.3 is 14.8 Å². The molecule has 1 saturated heterocycles. The summed E-state index contributed by atoms with van der Waals surface area (Å²) in [6.45, 7) is 5.38. The fourth-order valence-electron chi connectivity index (χ4n) is 1.64. The third kappa shape index (κ3) is 5.63. The highest BCUT2D eigenvalue weighted by atomic mass is 32.3. The molecule has 0 spiro atoms. The van der Waals surface area contributed by atoms with Crippen LogP contribution in [0.2, 0.25) is 0 Å². The van der Waals surface area contributed by atoms with E-state index >= 15 is 0 Å². The van der Waals surface area contributed by atoms with E-state index in [-0.39, 0.29) is 13.2 Å². The van der Waals surface area contributed by atoms with Crippen LogP contribution in [0.1, 0.15) is 20.8 Å². The van der Waals surface area contributed by atoms with Crippen LogP contribution in [0.3, 0.4) is 0 Å². The van der Waals surface area contributed by atoms with E-state index in [1.165, 1.54) is 0 Å². The van der Waals surface area contributed by atoms with Gasteiger partial charge in [0, 0.05) is 5.92 Å². The highest BCUT2D eigenvalue weighted by Gasteiger charge is 2.34. The Morgan fingerprint density at radius 1 is 1.44 bits per heavy atom. The first kappa shape index (κ1) is 15.2. The van der Waals surface area contributed by atoms with Gasteiger partial charge in [0.15, 0.2) is 0 Å². The predicted octanol–water partition coefficient (Wildman–Crippen LogP) is 0.825. The maximum Gasteiger partial charge on any atom is 0.407 e. The minimum Gasteiger partial charge on any atom is -0.444 e. The molecular formula is C10H18FNO5S. The van der Waals surface area contributed by atoms with Gasteiger partial charge in [0.2, 0.25) is 0 Å². The standard InChI is InChI=1S/C10H18FNO5S/c1-10(2,3)17-9(13)12-8-5-16-4-7(8)6-18(11,14)15/h7-8H,4-6H2,1-3H3,(H,12,13). The molecule has 1 fully saturated rings. The second-order valence-corrected chi connectivity index (χ2v) is 6.67. The predicted molar refractivity (Wildman–Crippen MR) is 62.4 cm³/mol. The zero-order chi connectivity index (χ0) is 14.0. The van der Waals surface area contributed by atoms with Crippen LogP contribution in [0, 0.1) is 5.92 Å². The SMILES string of the molecule is CC(C)(C)OC(=O)NC1COCC1CS(=O)(=O)F. The molecule has 0 bridgehead atoms. The number of nitrogens with one attached hydrogen (secondary N) is 1. The molecule has 0 aliphatic carbocycles. The molecule has 18 heavy (non-hydrogen) atoms. The number of amides is 1. The topological polar surface area (TPSA) is 81.7 Å². The second-order valence-electron chi connectivity index (χ2n) is 5.26. The van der Waals surface area contributed by atoms with Crippen molar-refractivity contribution in [3.05, 3.63) is 0 Å². The smallest absolute Gasteiger partial charge is 0.407 e. The van der Waals surface area contributed by atoms with Crippen LogP contribution in [0.15, 0.2) is 0 Å². The zero-order valence-corrected chi connectivity index (χ0v) is 11.4. The molecule has 106 valence electrons. The number of carbonyl (C=O) groups is 1. The Morgan fingerprint density at radius 3 is 2.56 bits per heavy atom. The van der Waals surface area contributed by atoms with Crippen LogP contribution < -0.4 is 5.32 Å². The third-order valence-electron chi connectivity index (χ3n) is 2.31. The molecule has 1 N–H and O–H groups in total. The summed E-state index contributed by atoms with van der Waals surface area (Å²) in [6, 6.07) is -0.551. The van der Waals surface area contributed by atoms with E-state index in [1.807, 2.05) is 0 Å². The van der Waals surface area contributed by atoms with Crippen LogP contribution in [-0.4, -0.2) is 45.1 Å². The maximum atomic E-state index is 12.6. The summed E-state index contributed by atoms with van der Waals surface area (Å²) in [7, 11) is -4.58. The highest BCUT2D eigenvalue weighted by Crippen LogP contribution is 2.17. The van der Waals surface area contributed by atoms with Gasteiger partial charge in [-0.25, -0.2) is 4.79 Å². The summed E-state index contributed by atoms with van der Waals surface area (Å²) in [5, 5.41) is 2.49. The minimum absolute atomic E-state index is 0.101. The molecule has 0 aromatic carbocycles. The molecule has 2 unspecified atom stereocenters. The van der Waals surface area contributed by atoms with Gasteiger partial charge in [-0.1, -0.05) is 0 Å². The molecule has 0 aromatic heterocycles. The lowest BCUT2D eigenvalue weighted by molar-refractivity contribution is 0.0492. The van der Waals surface area contributed by atoms with Gasteiger partial charge in [-0.2, -0.15) is 8.42 Å². The normalized spacial score (nSPS) is 24.9. The van der Waals surface area contributed by atoms with Crippen molar-refractivity contribution in [1.29, 1.82) is 0 Å². The lowest BCUT2D eigenvalue weighted by Gasteiger charge is -2.23. The number of carbonyl (C=O) groups excluding carboxylic acids is 1. The molecular weight excluding hydrogens is 265 g/mol. The Balaban J connectivity index is 2.53. The Bertz CT molecular complexity index is 403. The first-order chi connectivity index (χ1) is 8.07. The summed E-state index contributed by atoms with van der Waals surface area (Å²) in [5.74, 6) is -1.25. The average Bonchev–Trinajstić information content (AvgIpc) is 2.45. The van der Waals surface area contributed by atoms with Crippen molar-refractivity contribution >= 4 is 16.3 Å². The van der Waals surface area contributed by atoms with Crippen LogP contribution >= 0.6 is 0 Å². The number of alkyl carbamates (subject to hydrolysis) is 1. The van der Waals surface area contributed by atoms with Crippen LogP contribution in [0.5, 0.6) is 0 Å². The van der Waals surface area contributed by atoms with E-state index < -0.39 is 39.6 Å². The summed E-state index contributed by atoms with van der Waals surface area (Å²) in [4.78, 5) is 11.5. The first-order valence-corrected chi connectivity index (χ1v) is 7.12. The lowest BCUT2D eigenvalue weighted by Crippen LogP contribution is -2.44. The average molecular weight is 283 g/mol. The van der Waals surface area contributed by atoms with Crippen LogP contribution in [-0.2, 0) is 19.7 Å². The molecule has 1 aliphatic heterocycles. The second kappa shape index (κ2) is 5.40. The number of halogens is 1. The molecule has 1 aliphatic rings. The van der Waals surface area contributed by atoms with Crippen molar-refractivity contribution in [2.45, 2.75) is 32.4 Å². The van der Waals surface area contributed by atoms with Gasteiger partial charge in [0.05, 0.1) is 25.0 Å². The molecule has 0 saturated carbocycles. The Kier molecular flexibility index (Phi) is 4.55. The van der Waals surface area contributed by atoms with Gasteiger partial charge >= 0.3 is 16.3 Å². The lowest BCUT2D eigenvalue weighted by atomic mass is 10.1. The van der Waals surface area contributed by atoms with E-state index in [4.69, 9.17) is 9.47 Å². The van der Waals surface area contributed by atoms with Crippen molar-refractivity contribution in [3.8, 4) is 0 Å². The van der Waals surface area contributed by atoms with E-state index in [9.17, 15) is 17.1 Å². The first-order valence-electron chi connectivity index (χ1n) is 5.56. The van der Waals surface area contributed by atoms with Crippen LogP contribution in [0.4, 0.5) is 8.68 Å². The maximum absolute atomic E-state index is 12.6. The van der Waals surface area contributed by atoms with Crippen LogP contribution in [0.25, 0.3) is 0 Å². The number of rotatable bonds is 3. The van der Waals surface area contributed by atoms with Gasteiger partial charge in [0.1, 0.15) is 5.60 Å². The third-order valence-corrected chi connectivity index (χ3v) is 3.14. The van der Waals surface area contributed by atoms with E-state index in [2.05, 4.69) is 5.32 Å². The summed E-state index contributed by atoms with van der Waals surface area (Å²) >= 11 is 0. The molecule has 0 radical (unpaired) electrons. The minimum atomic E-state index is -4.58. The monoisotopic (exact) mass is 283 g/mol. The van der Waals surface area contributed by atoms with Crippen molar-refractivity contribution in [2.75, 3.05) is 19.0 Å². The summed E-state index contributed by atoms with van der Waals surface area (Å²) in [6.07, 6.45) is -0.667. The van der Waals surface area contributed by atoms with Gasteiger partial charge in [-0.05, 0) is 20.8 Å². The summed E-state index contributed by atoms with van der Waals surface area (Å²) < 4.78 is 43.8. The molecule has 6 nitrogen and oxygen atoms in total. The largest absolute Gasteiger partial charge is 0.444 e. The van der Waals surface area contributed by atoms with Crippen molar-refractivity contribution in [2.24, 2.45) is 5.92 Å². The zero-order valence-electron chi connectivity index (χ0n) is 10.6. The summed E-state index contributed by atoms with van der Waals surface area (Å²) in [5.41, 5.74) is -0.648. The van der Waals surface area contributed by atoms with E-state index in [0.717, 1.165) is 0 Å². The van der Waals surface area contributed by atoms with Crippen molar-refractivity contribution in [3.63, 3.8) is 0 Å². The van der Waals surface area contributed by atoms with E-state index in [0.29, 0.717) is 0 Å². The quantitative estimate of drug-likeness (QED) is 0.776. The van der Waals surface area contributed by atoms with E-state index in [1.54, 1.807) is 20.8 Å². The van der Waals surface area contributed by atoms with Gasteiger partial charge in [0.25, 0.3) is 0 Å². The van der Waals surface area contributed by atoms with Crippen molar-refractivity contribution < 1.29 is 26.6 Å². The Labute approximate surface area is 106 Å². The van der Waals surface area contributed by atoms with Gasteiger partial charge in [-0.15, -0.1) is 3.89 Å². The number of hydrogen-bond donors (Lipinski definition) is 1. The molecule has 1 heterocycles. The molecule has 1 rings (SSSR count). The molecule has 1 amide bonds.